The number of aromatic nitrogens is 1. The first-order valence-corrected chi connectivity index (χ1v) is 7.50. The first-order valence-electron chi connectivity index (χ1n) is 6.05. The van der Waals surface area contributed by atoms with Crippen LogP contribution >= 0.6 is 24.0 Å². The van der Waals surface area contributed by atoms with Crippen LogP contribution in [0.3, 0.4) is 0 Å². The quantitative estimate of drug-likeness (QED) is 0.851. The number of thiol groups is 1. The second kappa shape index (κ2) is 6.30. The molecule has 0 aliphatic rings. The predicted molar refractivity (Wildman–Crippen MR) is 82.7 cm³/mol. The highest BCUT2D eigenvalue weighted by Crippen LogP contribution is 2.35. The molecule has 5 heteroatoms. The van der Waals surface area contributed by atoms with Crippen LogP contribution in [0.4, 0.5) is 0 Å². The molecule has 0 bridgehead atoms. The van der Waals surface area contributed by atoms with E-state index in [1.165, 1.54) is 4.88 Å². The zero-order valence-electron chi connectivity index (χ0n) is 11.3. The van der Waals surface area contributed by atoms with Crippen molar-refractivity contribution in [2.24, 2.45) is 0 Å². The highest BCUT2D eigenvalue weighted by molar-refractivity contribution is 7.79. The molecule has 0 spiro atoms. The van der Waals surface area contributed by atoms with E-state index < -0.39 is 0 Å². The minimum absolute atomic E-state index is 0.723. The molecule has 1 heterocycles. The van der Waals surface area contributed by atoms with E-state index in [0.717, 1.165) is 39.9 Å². The number of thiazole rings is 1. The minimum atomic E-state index is 0.723. The fraction of sp³-hybridized carbons (Fsp3) is 0.357. The maximum Gasteiger partial charge on any atom is 0.161 e. The van der Waals surface area contributed by atoms with E-state index in [4.69, 9.17) is 9.47 Å². The zero-order chi connectivity index (χ0) is 13.8. The highest BCUT2D eigenvalue weighted by atomic mass is 32.1. The molecular formula is C14H17NO2S2. The van der Waals surface area contributed by atoms with Crippen molar-refractivity contribution in [3.05, 3.63) is 28.8 Å². The SMILES string of the molecule is CCc1nc(-c2ccc(OC)c(OC)c2)sc1CS. The minimum Gasteiger partial charge on any atom is -0.493 e. The Morgan fingerprint density at radius 1 is 1.21 bits per heavy atom. The van der Waals surface area contributed by atoms with E-state index in [0.29, 0.717) is 0 Å². The lowest BCUT2D eigenvalue weighted by Gasteiger charge is -2.08. The van der Waals surface area contributed by atoms with Gasteiger partial charge >= 0.3 is 0 Å². The van der Waals surface area contributed by atoms with Crippen LogP contribution < -0.4 is 9.47 Å². The van der Waals surface area contributed by atoms with Gasteiger partial charge in [0.1, 0.15) is 5.01 Å². The molecule has 2 rings (SSSR count). The smallest absolute Gasteiger partial charge is 0.161 e. The molecule has 0 aliphatic carbocycles. The Hall–Kier alpha value is -1.20. The standard InChI is InChI=1S/C14H17NO2S2/c1-4-10-13(8-18)19-14(15-10)9-5-6-11(16-2)12(7-9)17-3/h5-7,18H,4,8H2,1-3H3. The molecule has 0 amide bonds. The lowest BCUT2D eigenvalue weighted by Crippen LogP contribution is -1.90. The zero-order valence-corrected chi connectivity index (χ0v) is 13.0. The maximum absolute atomic E-state index is 5.32. The summed E-state index contributed by atoms with van der Waals surface area (Å²) in [5.41, 5.74) is 2.18. The molecule has 0 saturated carbocycles. The number of hydrogen-bond acceptors (Lipinski definition) is 5. The van der Waals surface area contributed by atoms with Crippen molar-refractivity contribution in [1.29, 1.82) is 0 Å². The van der Waals surface area contributed by atoms with Gasteiger partial charge in [-0.25, -0.2) is 4.98 Å². The van der Waals surface area contributed by atoms with E-state index >= 15 is 0 Å². The van der Waals surface area contributed by atoms with Gasteiger partial charge in [0.2, 0.25) is 0 Å². The summed E-state index contributed by atoms with van der Waals surface area (Å²) in [5.74, 6) is 2.18. The monoisotopic (exact) mass is 295 g/mol. The van der Waals surface area contributed by atoms with Gasteiger partial charge in [0, 0.05) is 16.2 Å². The first-order chi connectivity index (χ1) is 9.23. The molecular weight excluding hydrogens is 278 g/mol. The Kier molecular flexibility index (Phi) is 4.71. The second-order valence-corrected chi connectivity index (χ2v) is 5.37. The highest BCUT2D eigenvalue weighted by Gasteiger charge is 2.12. The molecule has 0 atom stereocenters. The molecule has 0 unspecified atom stereocenters. The van der Waals surface area contributed by atoms with Crippen molar-refractivity contribution in [2.45, 2.75) is 19.1 Å². The molecule has 1 aromatic carbocycles. The van der Waals surface area contributed by atoms with E-state index in [1.54, 1.807) is 25.6 Å². The summed E-state index contributed by atoms with van der Waals surface area (Å²) in [7, 11) is 3.27. The van der Waals surface area contributed by atoms with Gasteiger partial charge in [0.15, 0.2) is 11.5 Å². The van der Waals surface area contributed by atoms with Crippen molar-refractivity contribution in [3.63, 3.8) is 0 Å². The summed E-state index contributed by atoms with van der Waals surface area (Å²) in [6.07, 6.45) is 0.930. The van der Waals surface area contributed by atoms with Crippen LogP contribution in [0.5, 0.6) is 11.5 Å². The molecule has 0 N–H and O–H groups in total. The van der Waals surface area contributed by atoms with E-state index in [-0.39, 0.29) is 0 Å². The van der Waals surface area contributed by atoms with E-state index in [9.17, 15) is 0 Å². The maximum atomic E-state index is 5.32. The Bertz CT molecular complexity index is 545. The lowest BCUT2D eigenvalue weighted by atomic mass is 10.2. The van der Waals surface area contributed by atoms with Crippen molar-refractivity contribution in [3.8, 4) is 22.1 Å². The molecule has 0 saturated heterocycles. The largest absolute Gasteiger partial charge is 0.493 e. The van der Waals surface area contributed by atoms with Gasteiger partial charge < -0.3 is 9.47 Å². The van der Waals surface area contributed by atoms with Crippen molar-refractivity contribution in [2.75, 3.05) is 14.2 Å². The average molecular weight is 295 g/mol. The second-order valence-electron chi connectivity index (χ2n) is 3.97. The van der Waals surface area contributed by atoms with Crippen molar-refractivity contribution in [1.82, 2.24) is 4.98 Å². The topological polar surface area (TPSA) is 31.4 Å². The summed E-state index contributed by atoms with van der Waals surface area (Å²) >= 11 is 6.04. The molecule has 1 aromatic heterocycles. The third kappa shape index (κ3) is 2.87. The number of nitrogens with zero attached hydrogens (tertiary/aromatic N) is 1. The van der Waals surface area contributed by atoms with Gasteiger partial charge in [-0.1, -0.05) is 6.92 Å². The van der Waals surface area contributed by atoms with Crippen LogP contribution in [0, 0.1) is 0 Å². The van der Waals surface area contributed by atoms with Crippen LogP contribution in [0.25, 0.3) is 10.6 Å². The molecule has 102 valence electrons. The molecule has 2 aromatic rings. The molecule has 3 nitrogen and oxygen atoms in total. The van der Waals surface area contributed by atoms with Gasteiger partial charge in [0.25, 0.3) is 0 Å². The summed E-state index contributed by atoms with van der Waals surface area (Å²) in [6.45, 7) is 2.11. The van der Waals surface area contributed by atoms with Gasteiger partial charge in [0.05, 0.1) is 19.9 Å². The normalized spacial score (nSPS) is 10.5. The van der Waals surface area contributed by atoms with Crippen LogP contribution in [-0.4, -0.2) is 19.2 Å². The van der Waals surface area contributed by atoms with Crippen LogP contribution in [0.2, 0.25) is 0 Å². The summed E-state index contributed by atoms with van der Waals surface area (Å²) < 4.78 is 10.6. The number of hydrogen-bond donors (Lipinski definition) is 1. The van der Waals surface area contributed by atoms with Gasteiger partial charge in [-0.15, -0.1) is 11.3 Å². The Labute approximate surface area is 123 Å². The first kappa shape index (κ1) is 14.2. The molecule has 19 heavy (non-hydrogen) atoms. The summed E-state index contributed by atoms with van der Waals surface area (Å²) in [4.78, 5) is 5.91. The van der Waals surface area contributed by atoms with Crippen LogP contribution in [0.1, 0.15) is 17.5 Å². The molecule has 0 radical (unpaired) electrons. The fourth-order valence-corrected chi connectivity index (χ4v) is 3.26. The number of ether oxygens (including phenoxy) is 2. The molecule has 0 aliphatic heterocycles. The van der Waals surface area contributed by atoms with E-state index in [1.807, 2.05) is 18.2 Å². The van der Waals surface area contributed by atoms with Crippen molar-refractivity contribution < 1.29 is 9.47 Å². The summed E-state index contributed by atoms with van der Waals surface area (Å²) in [6, 6.07) is 5.86. The summed E-state index contributed by atoms with van der Waals surface area (Å²) in [5, 5.41) is 1.00. The number of aryl methyl sites for hydroxylation is 1. The third-order valence-electron chi connectivity index (χ3n) is 2.89. The van der Waals surface area contributed by atoms with Crippen molar-refractivity contribution >= 4 is 24.0 Å². The fourth-order valence-electron chi connectivity index (χ4n) is 1.88. The van der Waals surface area contributed by atoms with Gasteiger partial charge in [-0.2, -0.15) is 12.6 Å². The third-order valence-corrected chi connectivity index (χ3v) is 4.56. The van der Waals surface area contributed by atoms with E-state index in [2.05, 4.69) is 24.5 Å². The Balaban J connectivity index is 2.44. The lowest BCUT2D eigenvalue weighted by molar-refractivity contribution is 0.355. The number of benzene rings is 1. The predicted octanol–water partition coefficient (Wildman–Crippen LogP) is 3.82. The van der Waals surface area contributed by atoms with Crippen LogP contribution in [0.15, 0.2) is 18.2 Å². The Morgan fingerprint density at radius 3 is 2.47 bits per heavy atom. The number of rotatable bonds is 5. The van der Waals surface area contributed by atoms with Crippen LogP contribution in [-0.2, 0) is 12.2 Å². The molecule has 0 fully saturated rings. The van der Waals surface area contributed by atoms with Gasteiger partial charge in [-0.3, -0.25) is 0 Å². The average Bonchev–Trinajstić information content (AvgIpc) is 2.89. The number of methoxy groups -OCH3 is 2. The van der Waals surface area contributed by atoms with Gasteiger partial charge in [-0.05, 0) is 24.6 Å². The Morgan fingerprint density at radius 2 is 1.95 bits per heavy atom.